The first-order chi connectivity index (χ1) is 14.3. The van der Waals surface area contributed by atoms with E-state index in [1.165, 1.54) is 5.56 Å². The van der Waals surface area contributed by atoms with Crippen molar-refractivity contribution in [3.05, 3.63) is 59.3 Å². The summed E-state index contributed by atoms with van der Waals surface area (Å²) in [6.45, 7) is 3.66. The summed E-state index contributed by atoms with van der Waals surface area (Å²) in [7, 11) is 0. The molecule has 0 radical (unpaired) electrons. The van der Waals surface area contributed by atoms with Crippen molar-refractivity contribution < 1.29 is 22.7 Å². The average molecular weight is 457 g/mol. The molecule has 1 saturated heterocycles. The SMILES string of the molecule is CC(C)Oc1ncc(C(F)(F)F)cc1[C@H]1C[C@@]2(CCCC[C@H]2c2ccccc2)ON1.Cl. The van der Waals surface area contributed by atoms with Gasteiger partial charge in [0.15, 0.2) is 0 Å². The van der Waals surface area contributed by atoms with Crippen molar-refractivity contribution in [3.8, 4) is 5.88 Å². The third-order valence-corrected chi connectivity index (χ3v) is 6.06. The van der Waals surface area contributed by atoms with Gasteiger partial charge in [-0.3, -0.25) is 4.84 Å². The number of halogens is 4. The Morgan fingerprint density at radius 3 is 2.61 bits per heavy atom. The Kier molecular flexibility index (Phi) is 7.18. The van der Waals surface area contributed by atoms with E-state index in [1.807, 2.05) is 32.0 Å². The highest BCUT2D eigenvalue weighted by atomic mass is 35.5. The Bertz CT molecular complexity index is 879. The van der Waals surface area contributed by atoms with Crippen LogP contribution in [0.1, 0.15) is 74.6 Å². The van der Waals surface area contributed by atoms with E-state index in [0.717, 1.165) is 37.9 Å². The number of aromatic nitrogens is 1. The van der Waals surface area contributed by atoms with Crippen molar-refractivity contribution in [2.75, 3.05) is 0 Å². The summed E-state index contributed by atoms with van der Waals surface area (Å²) in [6, 6.07) is 11.0. The van der Waals surface area contributed by atoms with Crippen LogP contribution in [-0.2, 0) is 11.0 Å². The van der Waals surface area contributed by atoms with Crippen LogP contribution in [0.15, 0.2) is 42.6 Å². The molecule has 1 aliphatic carbocycles. The Labute approximate surface area is 186 Å². The van der Waals surface area contributed by atoms with Crippen molar-refractivity contribution in [2.24, 2.45) is 0 Å². The number of ether oxygens (including phenoxy) is 1. The van der Waals surface area contributed by atoms with Crippen molar-refractivity contribution in [1.82, 2.24) is 10.5 Å². The molecule has 1 saturated carbocycles. The zero-order valence-electron chi connectivity index (χ0n) is 17.6. The lowest BCUT2D eigenvalue weighted by atomic mass is 9.69. The highest BCUT2D eigenvalue weighted by Crippen LogP contribution is 2.51. The first kappa shape index (κ1) is 23.8. The molecule has 2 heterocycles. The maximum Gasteiger partial charge on any atom is 0.417 e. The van der Waals surface area contributed by atoms with Crippen molar-refractivity contribution in [2.45, 2.75) is 75.8 Å². The Morgan fingerprint density at radius 2 is 1.94 bits per heavy atom. The Hall–Kier alpha value is -1.83. The van der Waals surface area contributed by atoms with E-state index in [4.69, 9.17) is 9.57 Å². The number of alkyl halides is 3. The number of nitrogens with zero attached hydrogens (tertiary/aromatic N) is 1. The van der Waals surface area contributed by atoms with E-state index >= 15 is 0 Å². The molecular formula is C23H28ClF3N2O2. The Balaban J connectivity index is 0.00000272. The summed E-state index contributed by atoms with van der Waals surface area (Å²) in [5.41, 5.74) is 3.41. The third kappa shape index (κ3) is 4.99. The number of hydrogen-bond donors (Lipinski definition) is 1. The summed E-state index contributed by atoms with van der Waals surface area (Å²) < 4.78 is 45.8. The van der Waals surface area contributed by atoms with E-state index in [9.17, 15) is 13.2 Å². The first-order valence-corrected chi connectivity index (χ1v) is 10.5. The van der Waals surface area contributed by atoms with E-state index in [2.05, 4.69) is 22.6 Å². The van der Waals surface area contributed by atoms with Gasteiger partial charge < -0.3 is 4.74 Å². The minimum Gasteiger partial charge on any atom is -0.475 e. The largest absolute Gasteiger partial charge is 0.475 e. The lowest BCUT2D eigenvalue weighted by Crippen LogP contribution is -2.39. The molecule has 0 bridgehead atoms. The van der Waals surface area contributed by atoms with Gasteiger partial charge in [-0.15, -0.1) is 12.4 Å². The van der Waals surface area contributed by atoms with Gasteiger partial charge in [-0.05, 0) is 38.3 Å². The number of hydroxylamine groups is 1. The summed E-state index contributed by atoms with van der Waals surface area (Å²) >= 11 is 0. The molecule has 31 heavy (non-hydrogen) atoms. The molecule has 0 unspecified atom stereocenters. The van der Waals surface area contributed by atoms with Crippen LogP contribution in [0.3, 0.4) is 0 Å². The molecular weight excluding hydrogens is 429 g/mol. The molecule has 0 amide bonds. The Morgan fingerprint density at radius 1 is 1.19 bits per heavy atom. The van der Waals surface area contributed by atoms with Gasteiger partial charge in [-0.25, -0.2) is 4.98 Å². The summed E-state index contributed by atoms with van der Waals surface area (Å²) in [6.07, 6.45) is 0.751. The van der Waals surface area contributed by atoms with Crippen LogP contribution in [0.25, 0.3) is 0 Å². The zero-order chi connectivity index (χ0) is 21.4. The molecule has 3 atom stereocenters. The van der Waals surface area contributed by atoms with Crippen LogP contribution in [-0.4, -0.2) is 16.7 Å². The molecule has 8 heteroatoms. The van der Waals surface area contributed by atoms with Gasteiger partial charge in [-0.2, -0.15) is 18.7 Å². The summed E-state index contributed by atoms with van der Waals surface area (Å²) in [5.74, 6) is 0.418. The van der Waals surface area contributed by atoms with Crippen LogP contribution in [0.2, 0.25) is 0 Å². The quantitative estimate of drug-likeness (QED) is 0.580. The minimum atomic E-state index is -4.47. The maximum absolute atomic E-state index is 13.3. The van der Waals surface area contributed by atoms with Gasteiger partial charge >= 0.3 is 6.18 Å². The predicted molar refractivity (Wildman–Crippen MR) is 114 cm³/mol. The molecule has 1 aliphatic heterocycles. The molecule has 1 aromatic heterocycles. The number of pyridine rings is 1. The van der Waals surface area contributed by atoms with Gasteiger partial charge in [0.25, 0.3) is 0 Å². The van der Waals surface area contributed by atoms with E-state index < -0.39 is 23.4 Å². The van der Waals surface area contributed by atoms with Crippen molar-refractivity contribution in [1.29, 1.82) is 0 Å². The molecule has 2 fully saturated rings. The number of hydrogen-bond acceptors (Lipinski definition) is 4. The van der Waals surface area contributed by atoms with Gasteiger partial charge in [0.05, 0.1) is 23.3 Å². The highest BCUT2D eigenvalue weighted by Gasteiger charge is 2.50. The van der Waals surface area contributed by atoms with Gasteiger partial charge in [0.1, 0.15) is 0 Å². The zero-order valence-corrected chi connectivity index (χ0v) is 18.4. The molecule has 2 aliphatic rings. The summed E-state index contributed by atoms with van der Waals surface area (Å²) in [5, 5.41) is 0. The predicted octanol–water partition coefficient (Wildman–Crippen LogP) is 6.37. The molecule has 1 spiro atoms. The van der Waals surface area contributed by atoms with Crippen LogP contribution in [0, 0.1) is 0 Å². The highest BCUT2D eigenvalue weighted by molar-refractivity contribution is 5.85. The number of rotatable bonds is 4. The van der Waals surface area contributed by atoms with Crippen molar-refractivity contribution >= 4 is 12.4 Å². The van der Waals surface area contributed by atoms with Gasteiger partial charge in [-0.1, -0.05) is 43.2 Å². The second-order valence-electron chi connectivity index (χ2n) is 8.53. The number of nitrogens with one attached hydrogen (secondary N) is 1. The standard InChI is InChI=1S/C23H27F3N2O2.ClH/c1-15(2)29-21-18(12-17(14-27-21)23(24,25)26)20-13-22(30-28-20)11-7-6-10-19(22)16-8-4-3-5-9-16;/h3-5,8-9,12,14-15,19-20,28H,6-7,10-11,13H2,1-2H3;1H/t19-,20+,22+;/m0./s1. The molecule has 2 aromatic rings. The van der Waals surface area contributed by atoms with E-state index in [0.29, 0.717) is 12.0 Å². The average Bonchev–Trinajstić information content (AvgIpc) is 3.12. The topological polar surface area (TPSA) is 43.4 Å². The smallest absolute Gasteiger partial charge is 0.417 e. The van der Waals surface area contributed by atoms with Crippen LogP contribution >= 0.6 is 12.4 Å². The fraction of sp³-hybridized carbons (Fsp3) is 0.522. The van der Waals surface area contributed by atoms with Gasteiger partial charge in [0.2, 0.25) is 5.88 Å². The lowest BCUT2D eigenvalue weighted by molar-refractivity contribution is -0.138. The molecule has 1 aromatic carbocycles. The molecule has 170 valence electrons. The van der Waals surface area contributed by atoms with Crippen molar-refractivity contribution in [3.63, 3.8) is 0 Å². The fourth-order valence-electron chi connectivity index (χ4n) is 4.72. The van der Waals surface area contributed by atoms with Crippen LogP contribution < -0.4 is 10.2 Å². The van der Waals surface area contributed by atoms with Crippen LogP contribution in [0.5, 0.6) is 5.88 Å². The molecule has 4 nitrogen and oxygen atoms in total. The minimum absolute atomic E-state index is 0. The maximum atomic E-state index is 13.3. The molecule has 1 N–H and O–H groups in total. The lowest BCUT2D eigenvalue weighted by Gasteiger charge is -2.40. The van der Waals surface area contributed by atoms with Crippen LogP contribution in [0.4, 0.5) is 13.2 Å². The second-order valence-corrected chi connectivity index (χ2v) is 8.53. The normalized spacial score (nSPS) is 26.1. The number of benzene rings is 1. The van der Waals surface area contributed by atoms with E-state index in [1.54, 1.807) is 0 Å². The third-order valence-electron chi connectivity index (χ3n) is 6.06. The van der Waals surface area contributed by atoms with E-state index in [-0.39, 0.29) is 30.3 Å². The second kappa shape index (κ2) is 9.35. The first-order valence-electron chi connectivity index (χ1n) is 10.5. The molecule has 4 rings (SSSR count). The monoisotopic (exact) mass is 456 g/mol. The fourth-order valence-corrected chi connectivity index (χ4v) is 4.72. The summed E-state index contributed by atoms with van der Waals surface area (Å²) in [4.78, 5) is 10.2. The van der Waals surface area contributed by atoms with Gasteiger partial charge in [0, 0.05) is 24.1 Å².